The first-order valence-corrected chi connectivity index (χ1v) is 7.34. The molecule has 21 heavy (non-hydrogen) atoms. The molecule has 1 heterocycles. The lowest BCUT2D eigenvalue weighted by molar-refractivity contribution is 0.631. The van der Waals surface area contributed by atoms with E-state index in [1.165, 1.54) is 17.4 Å². The van der Waals surface area contributed by atoms with Gasteiger partial charge in [0.1, 0.15) is 10.8 Å². The van der Waals surface area contributed by atoms with E-state index in [1.807, 2.05) is 17.5 Å². The number of aromatic nitrogens is 1. The third-order valence-electron chi connectivity index (χ3n) is 2.98. The second-order valence-electron chi connectivity index (χ2n) is 4.35. The fourth-order valence-corrected chi connectivity index (χ4v) is 2.92. The van der Waals surface area contributed by atoms with Crippen LogP contribution in [0.3, 0.4) is 0 Å². The van der Waals surface area contributed by atoms with E-state index in [1.54, 1.807) is 24.3 Å². The van der Waals surface area contributed by atoms with E-state index in [0.717, 1.165) is 11.3 Å². The van der Waals surface area contributed by atoms with Gasteiger partial charge in [-0.1, -0.05) is 23.7 Å². The van der Waals surface area contributed by atoms with Crippen molar-refractivity contribution in [1.29, 1.82) is 5.26 Å². The van der Waals surface area contributed by atoms with Crippen molar-refractivity contribution < 1.29 is 4.39 Å². The Kier molecular flexibility index (Phi) is 3.70. The molecule has 1 aromatic heterocycles. The number of nitriles is 1. The Morgan fingerprint density at radius 3 is 2.57 bits per heavy atom. The van der Waals surface area contributed by atoms with E-state index in [4.69, 9.17) is 16.9 Å². The molecule has 102 valence electrons. The Morgan fingerprint density at radius 1 is 1.14 bits per heavy atom. The van der Waals surface area contributed by atoms with E-state index in [0.29, 0.717) is 21.2 Å². The zero-order valence-electron chi connectivity index (χ0n) is 10.7. The molecule has 0 spiro atoms. The Balaban J connectivity index is 1.97. The molecule has 0 atom stereocenters. The largest absolute Gasteiger partial charge is 0.236 e. The van der Waals surface area contributed by atoms with Crippen LogP contribution < -0.4 is 0 Å². The summed E-state index contributed by atoms with van der Waals surface area (Å²) < 4.78 is 13.9. The maximum absolute atomic E-state index is 13.9. The third kappa shape index (κ3) is 2.80. The second-order valence-corrected chi connectivity index (χ2v) is 5.65. The van der Waals surface area contributed by atoms with Gasteiger partial charge in [-0.15, -0.1) is 11.3 Å². The van der Waals surface area contributed by atoms with Crippen LogP contribution in [0.1, 0.15) is 5.56 Å². The lowest BCUT2D eigenvalue weighted by Gasteiger charge is -1.99. The summed E-state index contributed by atoms with van der Waals surface area (Å²) >= 11 is 7.12. The molecule has 0 bridgehead atoms. The molecule has 0 radical (unpaired) electrons. The van der Waals surface area contributed by atoms with Gasteiger partial charge in [0.2, 0.25) is 0 Å². The average Bonchev–Trinajstić information content (AvgIpc) is 2.97. The zero-order valence-corrected chi connectivity index (χ0v) is 12.2. The van der Waals surface area contributed by atoms with Crippen LogP contribution in [0.5, 0.6) is 0 Å². The highest BCUT2D eigenvalue weighted by molar-refractivity contribution is 7.13. The van der Waals surface area contributed by atoms with Crippen molar-refractivity contribution in [3.05, 3.63) is 64.2 Å². The normalized spacial score (nSPS) is 10.3. The number of hydrogen-bond donors (Lipinski definition) is 0. The first kappa shape index (κ1) is 13.7. The molecule has 0 aliphatic heterocycles. The van der Waals surface area contributed by atoms with Crippen LogP contribution in [-0.2, 0) is 0 Å². The van der Waals surface area contributed by atoms with Crippen molar-refractivity contribution in [1.82, 2.24) is 4.98 Å². The predicted octanol–water partition coefficient (Wildman–Crippen LogP) is 5.14. The Bertz CT molecular complexity index is 834. The van der Waals surface area contributed by atoms with Crippen LogP contribution in [0.15, 0.2) is 47.8 Å². The van der Waals surface area contributed by atoms with Crippen molar-refractivity contribution in [3.63, 3.8) is 0 Å². The standard InChI is InChI=1S/C16H8ClFN2S/c17-12-5-6-13(14(18)7-12)16-20-15(9-21-16)11-3-1-10(8-19)2-4-11/h1-7,9H. The Labute approximate surface area is 130 Å². The van der Waals surface area contributed by atoms with E-state index < -0.39 is 0 Å². The highest BCUT2D eigenvalue weighted by Crippen LogP contribution is 2.31. The van der Waals surface area contributed by atoms with Gasteiger partial charge in [0.05, 0.1) is 17.3 Å². The highest BCUT2D eigenvalue weighted by atomic mass is 35.5. The van der Waals surface area contributed by atoms with Crippen LogP contribution in [0.25, 0.3) is 21.8 Å². The molecule has 0 aliphatic rings. The van der Waals surface area contributed by atoms with Gasteiger partial charge in [0.15, 0.2) is 0 Å². The van der Waals surface area contributed by atoms with Gasteiger partial charge in [0, 0.05) is 21.5 Å². The molecule has 3 aromatic rings. The van der Waals surface area contributed by atoms with Gasteiger partial charge in [-0.25, -0.2) is 9.37 Å². The summed E-state index contributed by atoms with van der Waals surface area (Å²) in [6.45, 7) is 0. The maximum Gasteiger partial charge on any atom is 0.134 e. The molecule has 2 aromatic carbocycles. The van der Waals surface area contributed by atoms with Gasteiger partial charge in [-0.05, 0) is 30.3 Å². The summed E-state index contributed by atoms with van der Waals surface area (Å²) in [6.07, 6.45) is 0. The minimum atomic E-state index is -0.386. The molecule has 3 rings (SSSR count). The lowest BCUT2D eigenvalue weighted by atomic mass is 10.1. The van der Waals surface area contributed by atoms with E-state index in [-0.39, 0.29) is 5.82 Å². The number of nitrogens with zero attached hydrogens (tertiary/aromatic N) is 2. The predicted molar refractivity (Wildman–Crippen MR) is 82.7 cm³/mol. The number of benzene rings is 2. The summed E-state index contributed by atoms with van der Waals surface area (Å²) in [6, 6.07) is 13.7. The summed E-state index contributed by atoms with van der Waals surface area (Å²) in [5.74, 6) is -0.386. The molecule has 0 aliphatic carbocycles. The molecule has 2 nitrogen and oxygen atoms in total. The van der Waals surface area contributed by atoms with Crippen LogP contribution in [0, 0.1) is 17.1 Å². The fourth-order valence-electron chi connectivity index (χ4n) is 1.91. The summed E-state index contributed by atoms with van der Waals surface area (Å²) in [4.78, 5) is 4.45. The molecular formula is C16H8ClFN2S. The van der Waals surface area contributed by atoms with Crippen LogP contribution >= 0.6 is 22.9 Å². The topological polar surface area (TPSA) is 36.7 Å². The van der Waals surface area contributed by atoms with Crippen LogP contribution in [-0.4, -0.2) is 4.98 Å². The van der Waals surface area contributed by atoms with E-state index in [2.05, 4.69) is 11.1 Å². The summed E-state index contributed by atoms with van der Waals surface area (Å²) in [7, 11) is 0. The van der Waals surface area contributed by atoms with E-state index >= 15 is 0 Å². The monoisotopic (exact) mass is 314 g/mol. The fraction of sp³-hybridized carbons (Fsp3) is 0. The van der Waals surface area contributed by atoms with Gasteiger partial charge < -0.3 is 0 Å². The van der Waals surface area contributed by atoms with Crippen molar-refractivity contribution >= 4 is 22.9 Å². The van der Waals surface area contributed by atoms with Gasteiger partial charge in [0.25, 0.3) is 0 Å². The van der Waals surface area contributed by atoms with Crippen molar-refractivity contribution in [2.45, 2.75) is 0 Å². The maximum atomic E-state index is 13.9. The van der Waals surface area contributed by atoms with Crippen molar-refractivity contribution in [2.24, 2.45) is 0 Å². The van der Waals surface area contributed by atoms with Crippen molar-refractivity contribution in [2.75, 3.05) is 0 Å². The minimum Gasteiger partial charge on any atom is -0.236 e. The van der Waals surface area contributed by atoms with Crippen molar-refractivity contribution in [3.8, 4) is 27.9 Å². The molecule has 5 heteroatoms. The number of rotatable bonds is 2. The smallest absolute Gasteiger partial charge is 0.134 e. The molecule has 0 saturated heterocycles. The molecular weight excluding hydrogens is 307 g/mol. The lowest BCUT2D eigenvalue weighted by Crippen LogP contribution is -1.84. The van der Waals surface area contributed by atoms with Crippen LogP contribution in [0.4, 0.5) is 4.39 Å². The highest BCUT2D eigenvalue weighted by Gasteiger charge is 2.11. The van der Waals surface area contributed by atoms with Gasteiger partial charge in [-0.2, -0.15) is 5.26 Å². The molecule has 0 N–H and O–H groups in total. The number of hydrogen-bond acceptors (Lipinski definition) is 3. The van der Waals surface area contributed by atoms with Gasteiger partial charge >= 0.3 is 0 Å². The molecule has 0 saturated carbocycles. The molecule has 0 amide bonds. The number of thiazole rings is 1. The minimum absolute atomic E-state index is 0.361. The van der Waals surface area contributed by atoms with Gasteiger partial charge in [-0.3, -0.25) is 0 Å². The van der Waals surface area contributed by atoms with E-state index in [9.17, 15) is 4.39 Å². The summed E-state index contributed by atoms with van der Waals surface area (Å²) in [5.41, 5.74) is 2.68. The second kappa shape index (κ2) is 5.65. The quantitative estimate of drug-likeness (QED) is 0.656. The molecule has 0 fully saturated rings. The average molecular weight is 315 g/mol. The van der Waals surface area contributed by atoms with Crippen LogP contribution in [0.2, 0.25) is 5.02 Å². The first-order valence-electron chi connectivity index (χ1n) is 6.09. The molecule has 0 unspecified atom stereocenters. The third-order valence-corrected chi connectivity index (χ3v) is 4.09. The first-order chi connectivity index (χ1) is 10.2. The zero-order chi connectivity index (χ0) is 14.8. The Morgan fingerprint density at radius 2 is 1.90 bits per heavy atom. The number of halogens is 2. The summed E-state index contributed by atoms with van der Waals surface area (Å²) in [5, 5.41) is 11.6. The Hall–Kier alpha value is -2.22. The SMILES string of the molecule is N#Cc1ccc(-c2csc(-c3ccc(Cl)cc3F)n2)cc1.